The molecule has 106 valence electrons. The van der Waals surface area contributed by atoms with Gasteiger partial charge in [-0.25, -0.2) is 0 Å². The van der Waals surface area contributed by atoms with Crippen molar-refractivity contribution in [2.24, 2.45) is 5.73 Å². The maximum absolute atomic E-state index is 12.0. The highest BCUT2D eigenvalue weighted by Gasteiger charge is 2.16. The molecule has 0 aromatic carbocycles. The summed E-state index contributed by atoms with van der Waals surface area (Å²) in [6, 6.07) is 2.21. The molecule has 20 heavy (non-hydrogen) atoms. The fourth-order valence-corrected chi connectivity index (χ4v) is 3.58. The summed E-state index contributed by atoms with van der Waals surface area (Å²) in [5, 5.41) is 10.6. The molecule has 6 nitrogen and oxygen atoms in total. The van der Waals surface area contributed by atoms with Gasteiger partial charge in [-0.05, 0) is 30.9 Å². The van der Waals surface area contributed by atoms with Gasteiger partial charge in [0.05, 0.1) is 19.3 Å². The summed E-state index contributed by atoms with van der Waals surface area (Å²) in [6.45, 7) is 1.60. The van der Waals surface area contributed by atoms with Gasteiger partial charge in [-0.15, -0.1) is 16.4 Å². The number of nitrogens with two attached hydrogens (primary N) is 1. The molecule has 2 aromatic heterocycles. The van der Waals surface area contributed by atoms with Gasteiger partial charge in [0.2, 0.25) is 0 Å². The predicted octanol–water partition coefficient (Wildman–Crippen LogP) is 0.717. The number of fused-ring (bicyclic) bond motifs is 1. The minimum absolute atomic E-state index is 0.193. The quantitative estimate of drug-likeness (QED) is 0.850. The molecule has 0 bridgehead atoms. The molecule has 2 heterocycles. The van der Waals surface area contributed by atoms with Gasteiger partial charge >= 0.3 is 0 Å². The Morgan fingerprint density at radius 1 is 1.50 bits per heavy atom. The molecule has 0 radical (unpaired) electrons. The second kappa shape index (κ2) is 5.72. The standard InChI is InChI=1S/C13H17N5OS/c14-4-5-18-8-11(16-17-18)13(19)15-7-10-6-9-2-1-3-12(9)20-10/h6,8H,1-5,7,14H2,(H,15,19). The molecular formula is C13H17N5OS. The molecule has 2 aromatic rings. The lowest BCUT2D eigenvalue weighted by Crippen LogP contribution is -2.22. The second-order valence-electron chi connectivity index (χ2n) is 4.85. The topological polar surface area (TPSA) is 85.8 Å². The van der Waals surface area contributed by atoms with E-state index in [1.54, 1.807) is 22.2 Å². The van der Waals surface area contributed by atoms with Gasteiger partial charge in [-0.3, -0.25) is 9.48 Å². The first-order valence-electron chi connectivity index (χ1n) is 6.75. The highest BCUT2D eigenvalue weighted by atomic mass is 32.1. The number of carbonyl (C=O) groups excluding carboxylic acids is 1. The van der Waals surface area contributed by atoms with E-state index in [0.717, 1.165) is 0 Å². The molecule has 1 aliphatic carbocycles. The Morgan fingerprint density at radius 3 is 3.20 bits per heavy atom. The first kappa shape index (κ1) is 13.3. The van der Waals surface area contributed by atoms with Gasteiger partial charge < -0.3 is 11.1 Å². The van der Waals surface area contributed by atoms with Crippen LogP contribution in [0.1, 0.15) is 32.2 Å². The van der Waals surface area contributed by atoms with Gasteiger partial charge in [-0.2, -0.15) is 0 Å². The number of aromatic nitrogens is 3. The molecule has 1 amide bonds. The zero-order chi connectivity index (χ0) is 13.9. The molecule has 1 aliphatic rings. The largest absolute Gasteiger partial charge is 0.346 e. The first-order chi connectivity index (χ1) is 9.76. The summed E-state index contributed by atoms with van der Waals surface area (Å²) in [5.41, 5.74) is 7.22. The lowest BCUT2D eigenvalue weighted by atomic mass is 10.2. The van der Waals surface area contributed by atoms with E-state index in [-0.39, 0.29) is 5.91 Å². The molecule has 7 heteroatoms. The lowest BCUT2D eigenvalue weighted by molar-refractivity contribution is 0.0946. The van der Waals surface area contributed by atoms with Crippen LogP contribution in [0.15, 0.2) is 12.3 Å². The molecule has 0 fully saturated rings. The van der Waals surface area contributed by atoms with Crippen molar-refractivity contribution in [1.29, 1.82) is 0 Å². The Balaban J connectivity index is 1.57. The van der Waals surface area contributed by atoms with E-state index in [0.29, 0.717) is 25.3 Å². The van der Waals surface area contributed by atoms with E-state index in [9.17, 15) is 4.79 Å². The van der Waals surface area contributed by atoms with Crippen LogP contribution in [0.25, 0.3) is 0 Å². The Kier molecular flexibility index (Phi) is 3.79. The minimum atomic E-state index is -0.193. The molecule has 3 N–H and O–H groups in total. The third kappa shape index (κ3) is 2.73. The Morgan fingerprint density at radius 2 is 2.40 bits per heavy atom. The van der Waals surface area contributed by atoms with Crippen molar-refractivity contribution in [3.8, 4) is 0 Å². The summed E-state index contributed by atoms with van der Waals surface area (Å²) < 4.78 is 1.58. The monoisotopic (exact) mass is 291 g/mol. The van der Waals surface area contributed by atoms with E-state index in [2.05, 4.69) is 21.7 Å². The summed E-state index contributed by atoms with van der Waals surface area (Å²) in [4.78, 5) is 14.6. The fourth-order valence-electron chi connectivity index (χ4n) is 2.38. The summed E-state index contributed by atoms with van der Waals surface area (Å²) >= 11 is 1.80. The third-order valence-corrected chi connectivity index (χ3v) is 4.59. The number of hydrogen-bond donors (Lipinski definition) is 2. The van der Waals surface area contributed by atoms with Crippen molar-refractivity contribution in [3.63, 3.8) is 0 Å². The van der Waals surface area contributed by atoms with Crippen LogP contribution in [0.4, 0.5) is 0 Å². The number of rotatable bonds is 5. The van der Waals surface area contributed by atoms with Crippen LogP contribution < -0.4 is 11.1 Å². The average molecular weight is 291 g/mol. The smallest absolute Gasteiger partial charge is 0.273 e. The molecule has 0 saturated heterocycles. The van der Waals surface area contributed by atoms with Crippen LogP contribution in [0.3, 0.4) is 0 Å². The van der Waals surface area contributed by atoms with E-state index in [1.165, 1.54) is 34.6 Å². The van der Waals surface area contributed by atoms with Crippen molar-refractivity contribution in [3.05, 3.63) is 33.3 Å². The highest BCUT2D eigenvalue weighted by Crippen LogP contribution is 2.30. The van der Waals surface area contributed by atoms with Crippen molar-refractivity contribution < 1.29 is 4.79 Å². The van der Waals surface area contributed by atoms with E-state index >= 15 is 0 Å². The Labute approximate surface area is 121 Å². The molecule has 0 aliphatic heterocycles. The molecule has 0 saturated carbocycles. The van der Waals surface area contributed by atoms with Crippen LogP contribution in [0.5, 0.6) is 0 Å². The highest BCUT2D eigenvalue weighted by molar-refractivity contribution is 7.12. The molecule has 0 spiro atoms. The van der Waals surface area contributed by atoms with Crippen molar-refractivity contribution in [1.82, 2.24) is 20.3 Å². The van der Waals surface area contributed by atoms with Crippen LogP contribution in [0, 0.1) is 0 Å². The van der Waals surface area contributed by atoms with Gasteiger partial charge in [0.1, 0.15) is 0 Å². The molecule has 0 atom stereocenters. The van der Waals surface area contributed by atoms with Gasteiger partial charge in [0.15, 0.2) is 5.69 Å². The Bertz CT molecular complexity index is 597. The zero-order valence-electron chi connectivity index (χ0n) is 11.1. The zero-order valence-corrected chi connectivity index (χ0v) is 11.9. The van der Waals surface area contributed by atoms with Crippen molar-refractivity contribution in [2.75, 3.05) is 6.54 Å². The van der Waals surface area contributed by atoms with Crippen LogP contribution in [-0.2, 0) is 25.9 Å². The van der Waals surface area contributed by atoms with E-state index in [1.807, 2.05) is 0 Å². The maximum atomic E-state index is 12.0. The van der Waals surface area contributed by atoms with E-state index in [4.69, 9.17) is 5.73 Å². The summed E-state index contributed by atoms with van der Waals surface area (Å²) in [7, 11) is 0. The first-order valence-corrected chi connectivity index (χ1v) is 7.57. The number of aryl methyl sites for hydroxylation is 2. The van der Waals surface area contributed by atoms with Gasteiger partial charge in [-0.1, -0.05) is 5.21 Å². The van der Waals surface area contributed by atoms with Crippen LogP contribution in [-0.4, -0.2) is 27.4 Å². The number of amides is 1. The van der Waals surface area contributed by atoms with Crippen molar-refractivity contribution >= 4 is 17.2 Å². The Hall–Kier alpha value is -1.73. The number of carbonyl (C=O) groups is 1. The molecule has 0 unspecified atom stereocenters. The summed E-state index contributed by atoms with van der Waals surface area (Å²) in [5.74, 6) is -0.193. The number of thiophene rings is 1. The normalized spacial score (nSPS) is 13.4. The number of hydrogen-bond acceptors (Lipinski definition) is 5. The molecule has 3 rings (SSSR count). The maximum Gasteiger partial charge on any atom is 0.273 e. The third-order valence-electron chi connectivity index (χ3n) is 3.35. The van der Waals surface area contributed by atoms with Crippen LogP contribution in [0.2, 0.25) is 0 Å². The number of nitrogens with one attached hydrogen (secondary N) is 1. The lowest BCUT2D eigenvalue weighted by Gasteiger charge is -2.00. The number of nitrogens with zero attached hydrogens (tertiary/aromatic N) is 3. The SMILES string of the molecule is NCCn1cc(C(=O)NCc2cc3c(s2)CCC3)nn1. The molecular weight excluding hydrogens is 274 g/mol. The van der Waals surface area contributed by atoms with E-state index < -0.39 is 0 Å². The summed E-state index contributed by atoms with van der Waals surface area (Å²) in [6.07, 6.45) is 5.24. The predicted molar refractivity (Wildman–Crippen MR) is 76.6 cm³/mol. The average Bonchev–Trinajstić information content (AvgIpc) is 3.11. The fraction of sp³-hybridized carbons (Fsp3) is 0.462. The second-order valence-corrected chi connectivity index (χ2v) is 6.07. The van der Waals surface area contributed by atoms with Crippen molar-refractivity contribution in [2.45, 2.75) is 32.4 Å². The van der Waals surface area contributed by atoms with Gasteiger partial charge in [0, 0.05) is 16.3 Å². The minimum Gasteiger partial charge on any atom is -0.346 e. The van der Waals surface area contributed by atoms with Gasteiger partial charge in [0.25, 0.3) is 5.91 Å². The van der Waals surface area contributed by atoms with Crippen LogP contribution >= 0.6 is 11.3 Å².